The van der Waals surface area contributed by atoms with Crippen LogP contribution in [0.2, 0.25) is 0 Å². The van der Waals surface area contributed by atoms with E-state index in [1.54, 1.807) is 17.4 Å². The van der Waals surface area contributed by atoms with Gasteiger partial charge in [0.15, 0.2) is 5.78 Å². The Kier molecular flexibility index (Phi) is 2.91. The fourth-order valence-electron chi connectivity index (χ4n) is 1.77. The van der Waals surface area contributed by atoms with Crippen molar-refractivity contribution < 1.29 is 4.79 Å². The Bertz CT molecular complexity index is 406. The van der Waals surface area contributed by atoms with Crippen LogP contribution in [-0.2, 0) is 11.3 Å². The molecular formula is C12H15NOS. The predicted octanol–water partition coefficient (Wildman–Crippen LogP) is 2.74. The van der Waals surface area contributed by atoms with Crippen LogP contribution in [0.5, 0.6) is 0 Å². The van der Waals surface area contributed by atoms with Gasteiger partial charge < -0.3 is 4.90 Å². The summed E-state index contributed by atoms with van der Waals surface area (Å²) in [6, 6.07) is 2.14. The molecule has 0 bridgehead atoms. The lowest BCUT2D eigenvalue weighted by molar-refractivity contribution is -0.114. The van der Waals surface area contributed by atoms with Crippen molar-refractivity contribution in [3.05, 3.63) is 33.7 Å². The van der Waals surface area contributed by atoms with Crippen LogP contribution >= 0.6 is 11.3 Å². The summed E-state index contributed by atoms with van der Waals surface area (Å²) in [6.07, 6.45) is 3.37. The zero-order valence-corrected chi connectivity index (χ0v) is 9.93. The lowest BCUT2D eigenvalue weighted by Crippen LogP contribution is -2.15. The average Bonchev–Trinajstić information content (AvgIpc) is 2.77. The molecule has 0 aliphatic heterocycles. The van der Waals surface area contributed by atoms with Gasteiger partial charge in [-0.3, -0.25) is 4.79 Å². The summed E-state index contributed by atoms with van der Waals surface area (Å²) < 4.78 is 0. The maximum absolute atomic E-state index is 11.1. The van der Waals surface area contributed by atoms with Crippen LogP contribution in [-0.4, -0.2) is 17.7 Å². The third-order valence-electron chi connectivity index (χ3n) is 2.79. The third kappa shape index (κ3) is 2.29. The molecule has 0 amide bonds. The molecule has 0 fully saturated rings. The number of carbonyl (C=O) groups is 1. The van der Waals surface area contributed by atoms with Crippen LogP contribution in [0.15, 0.2) is 23.2 Å². The number of thiophene rings is 1. The fraction of sp³-hybridized carbons (Fsp3) is 0.417. The summed E-state index contributed by atoms with van der Waals surface area (Å²) in [5, 5.41) is 2.12. The Morgan fingerprint density at radius 2 is 2.27 bits per heavy atom. The number of hydrogen-bond acceptors (Lipinski definition) is 3. The Balaban J connectivity index is 2.04. The molecule has 0 saturated carbocycles. The van der Waals surface area contributed by atoms with Crippen molar-refractivity contribution in [3.8, 4) is 0 Å². The molecular weight excluding hydrogens is 206 g/mol. The summed E-state index contributed by atoms with van der Waals surface area (Å²) in [6.45, 7) is 3.05. The molecule has 3 heteroatoms. The number of rotatable bonds is 3. The van der Waals surface area contributed by atoms with Crippen molar-refractivity contribution in [3.63, 3.8) is 0 Å². The highest BCUT2D eigenvalue weighted by atomic mass is 32.1. The van der Waals surface area contributed by atoms with Gasteiger partial charge in [-0.25, -0.2) is 0 Å². The first kappa shape index (κ1) is 10.4. The zero-order valence-electron chi connectivity index (χ0n) is 9.12. The van der Waals surface area contributed by atoms with E-state index in [9.17, 15) is 4.79 Å². The SMILES string of the molecule is Cc1ccsc1CN(C)C1=CC(=O)CC1. The second kappa shape index (κ2) is 4.19. The quantitative estimate of drug-likeness (QED) is 0.782. The van der Waals surface area contributed by atoms with Gasteiger partial charge in [0.05, 0.1) is 6.54 Å². The number of hydrogen-bond donors (Lipinski definition) is 0. The summed E-state index contributed by atoms with van der Waals surface area (Å²) in [5.74, 6) is 0.264. The average molecular weight is 221 g/mol. The van der Waals surface area contributed by atoms with Gasteiger partial charge in [-0.05, 0) is 30.4 Å². The highest BCUT2D eigenvalue weighted by Crippen LogP contribution is 2.23. The maximum atomic E-state index is 11.1. The van der Waals surface area contributed by atoms with Crippen molar-refractivity contribution >= 4 is 17.1 Å². The van der Waals surface area contributed by atoms with Gasteiger partial charge in [0.2, 0.25) is 0 Å². The summed E-state index contributed by atoms with van der Waals surface area (Å²) in [7, 11) is 2.06. The summed E-state index contributed by atoms with van der Waals surface area (Å²) >= 11 is 1.78. The minimum absolute atomic E-state index is 0.264. The van der Waals surface area contributed by atoms with Crippen molar-refractivity contribution in [2.24, 2.45) is 0 Å². The molecule has 1 aromatic rings. The second-order valence-corrected chi connectivity index (χ2v) is 4.99. The first-order valence-electron chi connectivity index (χ1n) is 5.14. The van der Waals surface area contributed by atoms with E-state index < -0.39 is 0 Å². The van der Waals surface area contributed by atoms with Crippen molar-refractivity contribution in [1.82, 2.24) is 4.90 Å². The first-order valence-corrected chi connectivity index (χ1v) is 6.02. The van der Waals surface area contributed by atoms with Crippen LogP contribution in [0.3, 0.4) is 0 Å². The number of allylic oxidation sites excluding steroid dienone is 2. The molecule has 80 valence electrons. The highest BCUT2D eigenvalue weighted by molar-refractivity contribution is 7.10. The summed E-state index contributed by atoms with van der Waals surface area (Å²) in [5.41, 5.74) is 2.52. The molecule has 0 saturated heterocycles. The van der Waals surface area contributed by atoms with E-state index in [-0.39, 0.29) is 5.78 Å². The van der Waals surface area contributed by atoms with E-state index >= 15 is 0 Å². The lowest BCUT2D eigenvalue weighted by atomic mass is 10.2. The van der Waals surface area contributed by atoms with E-state index in [1.807, 2.05) is 0 Å². The molecule has 0 N–H and O–H groups in total. The first-order chi connectivity index (χ1) is 7.16. The molecule has 2 rings (SSSR count). The van der Waals surface area contributed by atoms with E-state index in [4.69, 9.17) is 0 Å². The molecule has 1 aliphatic carbocycles. The monoisotopic (exact) mass is 221 g/mol. The van der Waals surface area contributed by atoms with E-state index in [2.05, 4.69) is 30.3 Å². The lowest BCUT2D eigenvalue weighted by Gasteiger charge is -2.19. The molecule has 1 heterocycles. The van der Waals surface area contributed by atoms with Crippen LogP contribution in [0.4, 0.5) is 0 Å². The summed E-state index contributed by atoms with van der Waals surface area (Å²) in [4.78, 5) is 14.7. The van der Waals surface area contributed by atoms with Crippen LogP contribution in [0, 0.1) is 6.92 Å². The molecule has 15 heavy (non-hydrogen) atoms. The fourth-order valence-corrected chi connectivity index (χ4v) is 2.72. The Morgan fingerprint density at radius 3 is 2.80 bits per heavy atom. The molecule has 0 spiro atoms. The van der Waals surface area contributed by atoms with Crippen molar-refractivity contribution in [2.45, 2.75) is 26.3 Å². The topological polar surface area (TPSA) is 20.3 Å². The zero-order chi connectivity index (χ0) is 10.8. The second-order valence-electron chi connectivity index (χ2n) is 3.98. The van der Waals surface area contributed by atoms with Crippen molar-refractivity contribution in [2.75, 3.05) is 7.05 Å². The van der Waals surface area contributed by atoms with Gasteiger partial charge in [-0.2, -0.15) is 0 Å². The number of nitrogens with zero attached hydrogens (tertiary/aromatic N) is 1. The molecule has 0 unspecified atom stereocenters. The van der Waals surface area contributed by atoms with Crippen LogP contribution < -0.4 is 0 Å². The molecule has 0 aromatic carbocycles. The molecule has 0 atom stereocenters. The minimum atomic E-state index is 0.264. The van der Waals surface area contributed by atoms with E-state index in [0.717, 1.165) is 13.0 Å². The van der Waals surface area contributed by atoms with Gasteiger partial charge in [-0.15, -0.1) is 11.3 Å². The smallest absolute Gasteiger partial charge is 0.157 e. The highest BCUT2D eigenvalue weighted by Gasteiger charge is 2.16. The van der Waals surface area contributed by atoms with E-state index in [0.29, 0.717) is 6.42 Å². The van der Waals surface area contributed by atoms with E-state index in [1.165, 1.54) is 16.1 Å². The minimum Gasteiger partial charge on any atom is -0.373 e. The van der Waals surface area contributed by atoms with Crippen LogP contribution in [0.1, 0.15) is 23.3 Å². The largest absolute Gasteiger partial charge is 0.373 e. The van der Waals surface area contributed by atoms with Crippen molar-refractivity contribution in [1.29, 1.82) is 0 Å². The Hall–Kier alpha value is -1.09. The predicted molar refractivity (Wildman–Crippen MR) is 62.8 cm³/mol. The maximum Gasteiger partial charge on any atom is 0.157 e. The Morgan fingerprint density at radius 1 is 1.47 bits per heavy atom. The molecule has 1 aromatic heterocycles. The Labute approximate surface area is 94.2 Å². The van der Waals surface area contributed by atoms with Gasteiger partial charge in [-0.1, -0.05) is 0 Å². The number of aryl methyl sites for hydroxylation is 1. The van der Waals surface area contributed by atoms with Gasteiger partial charge in [0.25, 0.3) is 0 Å². The molecule has 1 aliphatic rings. The number of ketones is 1. The number of carbonyl (C=O) groups excluding carboxylic acids is 1. The normalized spacial score (nSPS) is 15.6. The molecule has 0 radical (unpaired) electrons. The van der Waals surface area contributed by atoms with Crippen LogP contribution in [0.25, 0.3) is 0 Å². The van der Waals surface area contributed by atoms with Gasteiger partial charge in [0.1, 0.15) is 0 Å². The third-order valence-corrected chi connectivity index (χ3v) is 3.80. The van der Waals surface area contributed by atoms with Gasteiger partial charge in [0, 0.05) is 30.1 Å². The van der Waals surface area contributed by atoms with Gasteiger partial charge >= 0.3 is 0 Å². The molecule has 2 nitrogen and oxygen atoms in total. The standard InChI is InChI=1S/C12H15NOS/c1-9-5-6-15-12(9)8-13(2)10-3-4-11(14)7-10/h5-7H,3-4,8H2,1-2H3.